The molecule has 0 aromatic carbocycles. The smallest absolute Gasteiger partial charge is 0.463 e. The fraction of sp³-hybridized carbons (Fsp3) is 0.612. The lowest BCUT2D eigenvalue weighted by Crippen LogP contribution is -2.30. The molecule has 0 saturated carbocycles. The molecule has 584 valence electrons. The van der Waals surface area contributed by atoms with Gasteiger partial charge in [-0.3, -0.25) is 32.5 Å². The minimum Gasteiger partial charge on any atom is -0.463 e. The van der Waals surface area contributed by atoms with Crippen LogP contribution in [0.2, 0.25) is 0 Å². The summed E-state index contributed by atoms with van der Waals surface area (Å²) >= 11 is 0. The lowest BCUT2D eigenvalue weighted by Gasteiger charge is -2.21. The highest BCUT2D eigenvalue weighted by Gasteiger charge is 2.29. The minimum atomic E-state index is -4.95. The normalized spacial score (nSPS) is 15.0. The summed E-state index contributed by atoms with van der Waals surface area (Å²) in [4.78, 5) is 58.7. The summed E-state index contributed by atoms with van der Waals surface area (Å²) in [6, 6.07) is 0. The van der Waals surface area contributed by atoms with Crippen molar-refractivity contribution in [3.8, 4) is 0 Å². The van der Waals surface area contributed by atoms with Gasteiger partial charge in [-0.2, -0.15) is 0 Å². The Hall–Kier alpha value is -5.35. The summed E-state index contributed by atoms with van der Waals surface area (Å²) in [5.74, 6) is -1.63. The maximum Gasteiger partial charge on any atom is 0.472 e. The van der Waals surface area contributed by atoms with Gasteiger partial charge < -0.3 is 34.2 Å². The Morgan fingerprint density at radius 1 is 0.272 bits per heavy atom. The zero-order valence-electron chi connectivity index (χ0n) is 63.7. The average Bonchev–Trinajstić information content (AvgIpc) is 0.914. The molecule has 0 bridgehead atoms. The van der Waals surface area contributed by atoms with Gasteiger partial charge in [-0.15, -0.1) is 0 Å². The van der Waals surface area contributed by atoms with E-state index < -0.39 is 91.5 Å². The van der Waals surface area contributed by atoms with Crippen molar-refractivity contribution in [2.24, 2.45) is 0 Å². The van der Waals surface area contributed by atoms with Crippen molar-refractivity contribution in [3.63, 3.8) is 0 Å². The van der Waals surface area contributed by atoms with Crippen LogP contribution in [0.25, 0.3) is 0 Å². The molecule has 0 aliphatic carbocycles. The molecule has 5 atom stereocenters. The lowest BCUT2D eigenvalue weighted by atomic mass is 10.1. The molecule has 0 aliphatic rings. The Labute approximate surface area is 624 Å². The highest BCUT2D eigenvalue weighted by molar-refractivity contribution is 7.47. The fourth-order valence-corrected chi connectivity index (χ4v) is 11.4. The van der Waals surface area contributed by atoms with Crippen molar-refractivity contribution in [1.29, 1.82) is 0 Å². The molecule has 103 heavy (non-hydrogen) atoms. The summed E-state index contributed by atoms with van der Waals surface area (Å²) in [7, 11) is -9.82. The van der Waals surface area contributed by atoms with Crippen LogP contribution in [0, 0.1) is 0 Å². The topological polar surface area (TPSA) is 231 Å². The van der Waals surface area contributed by atoms with Crippen LogP contribution < -0.4 is 0 Å². The van der Waals surface area contributed by atoms with Crippen molar-refractivity contribution in [1.82, 2.24) is 0 Å². The van der Waals surface area contributed by atoms with E-state index in [1.165, 1.54) is 0 Å². The van der Waals surface area contributed by atoms with Crippen LogP contribution in [0.15, 0.2) is 182 Å². The SMILES string of the molecule is CC/C=C\C/C=C\C/C=C\C/C=C\C/C=C\C/C=C\CCCCCCCCC(=O)OCC(O)COP(=O)(O)OCC(O)COP(=O)(O)OCC(COC(=O)CCCCCCCC/C=C\C/C=C\C/C=C\C/C=C\C/C=C\C/C=C\CC)OC(=O)CCCCCCCCC/C=C\C/C=C\C/C=C\CC. The van der Waals surface area contributed by atoms with Gasteiger partial charge in [0.05, 0.1) is 26.4 Å². The Morgan fingerprint density at radius 2 is 0.485 bits per heavy atom. The number of unbranched alkanes of at least 4 members (excludes halogenated alkanes) is 19. The number of ether oxygens (including phenoxy) is 3. The number of carbonyl (C=O) groups is 3. The van der Waals surface area contributed by atoms with Crippen LogP contribution in [0.1, 0.15) is 278 Å². The second kappa shape index (κ2) is 76.3. The van der Waals surface area contributed by atoms with Gasteiger partial charge in [-0.05, 0) is 154 Å². The summed E-state index contributed by atoms with van der Waals surface area (Å²) in [6.07, 6.45) is 97.8. The summed E-state index contributed by atoms with van der Waals surface area (Å²) in [6.45, 7) is 2.28. The third kappa shape index (κ3) is 77.6. The van der Waals surface area contributed by atoms with Crippen LogP contribution in [-0.4, -0.2) is 95.9 Å². The second-order valence-electron chi connectivity index (χ2n) is 25.4. The second-order valence-corrected chi connectivity index (χ2v) is 28.3. The van der Waals surface area contributed by atoms with Crippen molar-refractivity contribution in [3.05, 3.63) is 182 Å². The molecule has 0 aromatic rings. The predicted octanol–water partition coefficient (Wildman–Crippen LogP) is 23.0. The van der Waals surface area contributed by atoms with Gasteiger partial charge in [-0.25, -0.2) is 9.13 Å². The number of rotatable bonds is 72. The molecule has 0 amide bonds. The van der Waals surface area contributed by atoms with E-state index in [0.29, 0.717) is 19.3 Å². The van der Waals surface area contributed by atoms with Crippen LogP contribution in [-0.2, 0) is 55.8 Å². The van der Waals surface area contributed by atoms with Crippen molar-refractivity contribution >= 4 is 33.6 Å². The fourth-order valence-electron chi connectivity index (χ4n) is 9.77. The molecule has 0 spiro atoms. The summed E-state index contributed by atoms with van der Waals surface area (Å²) in [5, 5.41) is 20.6. The Balaban J connectivity index is 4.70. The third-order valence-electron chi connectivity index (χ3n) is 15.6. The Bertz CT molecular complexity index is 2600. The predicted molar refractivity (Wildman–Crippen MR) is 426 cm³/mol. The van der Waals surface area contributed by atoms with Gasteiger partial charge in [0.15, 0.2) is 6.10 Å². The number of allylic oxidation sites excluding steroid dienone is 30. The first-order valence-corrected chi connectivity index (χ1v) is 42.1. The molecule has 0 aliphatic heterocycles. The van der Waals surface area contributed by atoms with E-state index in [-0.39, 0.29) is 19.3 Å². The minimum absolute atomic E-state index is 0.0824. The van der Waals surface area contributed by atoms with E-state index in [1.807, 2.05) is 0 Å². The van der Waals surface area contributed by atoms with Gasteiger partial charge >= 0.3 is 33.6 Å². The number of aliphatic hydroxyl groups is 2. The summed E-state index contributed by atoms with van der Waals surface area (Å²) < 4.78 is 61.1. The molecule has 18 heteroatoms. The van der Waals surface area contributed by atoms with Crippen molar-refractivity contribution in [2.45, 2.75) is 296 Å². The van der Waals surface area contributed by atoms with Gasteiger partial charge in [0.2, 0.25) is 0 Å². The van der Waals surface area contributed by atoms with Gasteiger partial charge in [-0.1, -0.05) is 287 Å². The number of hydrogen-bond acceptors (Lipinski definition) is 14. The first-order chi connectivity index (χ1) is 50.2. The first kappa shape index (κ1) is 97.7. The molecular formula is C85H138O16P2. The molecule has 0 aromatic heterocycles. The maximum atomic E-state index is 13.0. The third-order valence-corrected chi connectivity index (χ3v) is 17.5. The zero-order valence-corrected chi connectivity index (χ0v) is 65.5. The Kier molecular flexibility index (Phi) is 72.3. The molecule has 0 heterocycles. The van der Waals surface area contributed by atoms with Gasteiger partial charge in [0.25, 0.3) is 0 Å². The maximum absolute atomic E-state index is 13.0. The molecule has 0 saturated heterocycles. The van der Waals surface area contributed by atoms with E-state index in [1.54, 1.807) is 0 Å². The molecular weight excluding hydrogens is 1340 g/mol. The van der Waals surface area contributed by atoms with E-state index in [2.05, 4.69) is 203 Å². The van der Waals surface area contributed by atoms with E-state index in [9.17, 15) is 43.5 Å². The first-order valence-electron chi connectivity index (χ1n) is 39.1. The van der Waals surface area contributed by atoms with E-state index >= 15 is 0 Å². The van der Waals surface area contributed by atoms with Crippen molar-refractivity contribution in [2.75, 3.05) is 39.6 Å². The quantitative estimate of drug-likeness (QED) is 0.0146. The van der Waals surface area contributed by atoms with Gasteiger partial charge in [0, 0.05) is 19.3 Å². The van der Waals surface area contributed by atoms with Crippen LogP contribution >= 0.6 is 15.6 Å². The van der Waals surface area contributed by atoms with Crippen LogP contribution in [0.3, 0.4) is 0 Å². The molecule has 0 rings (SSSR count). The van der Waals surface area contributed by atoms with Crippen LogP contribution in [0.5, 0.6) is 0 Å². The molecule has 0 radical (unpaired) electrons. The van der Waals surface area contributed by atoms with Gasteiger partial charge in [0.1, 0.15) is 25.4 Å². The van der Waals surface area contributed by atoms with Crippen LogP contribution in [0.4, 0.5) is 0 Å². The number of esters is 3. The largest absolute Gasteiger partial charge is 0.472 e. The number of hydrogen-bond donors (Lipinski definition) is 4. The Morgan fingerprint density at radius 3 is 0.767 bits per heavy atom. The number of phosphoric acid groups is 2. The standard InChI is InChI=1S/C85H138O16P2/c1-4-7-10-13-16-19-22-25-28-31-33-35-37-39-41-43-45-48-50-53-56-59-62-65-68-71-83(88)95-74-80(86)75-97-102(91,92)98-76-81(87)77-99-103(93,94)100-79-82(101-85(90)73-70-67-64-61-58-55-52-47-30-27-24-21-18-15-12-9-6-3)78-96-84(89)72-69-66-63-60-57-54-51-49-46-44-42-40-38-36-34-32-29-26-23-20-17-14-11-8-5-2/h7-12,16-21,25-30,33-36,39-42,45-46,48-49,80-82,86-87H,4-6,13-15,22-24,31-32,37-38,43-44,47,50-79H2,1-3H3,(H,91,92)(H,93,94)/b10-7-,11-8-,12-9-,19-16-,20-17-,21-18-,28-25-,29-26-,30-27-,35-33-,36-34-,41-39-,42-40-,48-45-,49-46-. The van der Waals surface area contributed by atoms with Crippen molar-refractivity contribution < 1.29 is 75.8 Å². The molecule has 16 nitrogen and oxygen atoms in total. The zero-order chi connectivity index (χ0) is 75.2. The number of carbonyl (C=O) groups excluding carboxylic acids is 3. The highest BCUT2D eigenvalue weighted by Crippen LogP contribution is 2.45. The molecule has 0 fully saturated rings. The van der Waals surface area contributed by atoms with E-state index in [4.69, 9.17) is 32.3 Å². The lowest BCUT2D eigenvalue weighted by molar-refractivity contribution is -0.161. The monoisotopic (exact) mass is 1480 g/mol. The molecule has 5 unspecified atom stereocenters. The summed E-state index contributed by atoms with van der Waals surface area (Å²) in [5.41, 5.74) is 0. The number of aliphatic hydroxyl groups excluding tert-OH is 2. The average molecular weight is 1480 g/mol. The molecule has 4 N–H and O–H groups in total. The number of phosphoric ester groups is 2. The highest BCUT2D eigenvalue weighted by atomic mass is 31.2. The van der Waals surface area contributed by atoms with E-state index in [0.717, 1.165) is 218 Å².